The fraction of sp³-hybridized carbons (Fsp3) is 0.364. The van der Waals surface area contributed by atoms with E-state index in [1.807, 2.05) is 24.3 Å². The van der Waals surface area contributed by atoms with Crippen LogP contribution in [-0.2, 0) is 16.8 Å². The number of hydrogen-bond donors (Lipinski definition) is 1. The van der Waals surface area contributed by atoms with Crippen LogP contribution in [0.5, 0.6) is 0 Å². The molecule has 1 aliphatic heterocycles. The summed E-state index contributed by atoms with van der Waals surface area (Å²) >= 11 is 0. The second kappa shape index (κ2) is 7.42. The number of aliphatic hydroxyl groups is 1. The second-order valence-electron chi connectivity index (χ2n) is 6.84. The predicted octanol–water partition coefficient (Wildman–Crippen LogP) is 3.86. The molecule has 2 aromatic carbocycles. The summed E-state index contributed by atoms with van der Waals surface area (Å²) < 4.78 is 0. The minimum absolute atomic E-state index is 0.226. The number of aryl methyl sites for hydroxylation is 1. The van der Waals surface area contributed by atoms with Gasteiger partial charge in [0.05, 0.1) is 12.1 Å². The molecule has 136 valence electrons. The molecule has 3 rings (SSSR count). The molecule has 1 unspecified atom stereocenters. The lowest BCUT2D eigenvalue weighted by Gasteiger charge is -2.22. The molecular formula is C22H25NO3. The quantitative estimate of drug-likeness (QED) is 0.771. The van der Waals surface area contributed by atoms with Crippen molar-refractivity contribution in [2.75, 3.05) is 11.4 Å². The Morgan fingerprint density at radius 1 is 1.08 bits per heavy atom. The Balaban J connectivity index is 1.90. The number of carbonyl (C=O) groups excluding carboxylic acids is 2. The van der Waals surface area contributed by atoms with E-state index in [0.29, 0.717) is 23.4 Å². The van der Waals surface area contributed by atoms with Crippen molar-refractivity contribution < 1.29 is 14.7 Å². The number of unbranched alkanes of at least 4 members (excludes halogenated alkanes) is 1. The van der Waals surface area contributed by atoms with Gasteiger partial charge in [-0.15, -0.1) is 0 Å². The largest absolute Gasteiger partial charge is 0.375 e. The van der Waals surface area contributed by atoms with Gasteiger partial charge in [-0.05, 0) is 24.5 Å². The third-order valence-electron chi connectivity index (χ3n) is 5.08. The Morgan fingerprint density at radius 3 is 2.42 bits per heavy atom. The van der Waals surface area contributed by atoms with Crippen LogP contribution < -0.4 is 4.90 Å². The first-order valence-electron chi connectivity index (χ1n) is 9.27. The number of hydrogen-bond acceptors (Lipinski definition) is 3. The number of benzene rings is 2. The highest BCUT2D eigenvalue weighted by atomic mass is 16.3. The van der Waals surface area contributed by atoms with E-state index in [2.05, 4.69) is 13.8 Å². The monoisotopic (exact) mass is 351 g/mol. The molecule has 26 heavy (non-hydrogen) atoms. The van der Waals surface area contributed by atoms with Crippen LogP contribution >= 0.6 is 0 Å². The van der Waals surface area contributed by atoms with E-state index in [1.54, 1.807) is 29.2 Å². The van der Waals surface area contributed by atoms with E-state index >= 15 is 0 Å². The number of rotatable bonds is 7. The molecule has 0 radical (unpaired) electrons. The average molecular weight is 351 g/mol. The first-order chi connectivity index (χ1) is 12.5. The predicted molar refractivity (Wildman–Crippen MR) is 102 cm³/mol. The fourth-order valence-corrected chi connectivity index (χ4v) is 3.48. The number of Topliss-reactive ketones (excluding diaryl/α,β-unsaturated/α-hetero) is 1. The number of anilines is 1. The molecule has 2 aromatic rings. The Hall–Kier alpha value is -2.46. The van der Waals surface area contributed by atoms with Crippen LogP contribution in [0.2, 0.25) is 0 Å². The Labute approximate surface area is 154 Å². The van der Waals surface area contributed by atoms with Crippen molar-refractivity contribution in [2.24, 2.45) is 0 Å². The summed E-state index contributed by atoms with van der Waals surface area (Å²) in [5.74, 6) is -0.624. The van der Waals surface area contributed by atoms with Gasteiger partial charge in [-0.1, -0.05) is 62.7 Å². The van der Waals surface area contributed by atoms with Gasteiger partial charge in [-0.2, -0.15) is 0 Å². The fourth-order valence-electron chi connectivity index (χ4n) is 3.48. The number of nitrogens with zero attached hydrogens (tertiary/aromatic N) is 1. The molecule has 1 N–H and O–H groups in total. The van der Waals surface area contributed by atoms with Crippen LogP contribution in [0.25, 0.3) is 0 Å². The van der Waals surface area contributed by atoms with E-state index in [0.717, 1.165) is 24.8 Å². The van der Waals surface area contributed by atoms with Crippen LogP contribution in [0.4, 0.5) is 5.69 Å². The maximum absolute atomic E-state index is 13.0. The number of carbonyl (C=O) groups is 2. The molecule has 0 aliphatic carbocycles. The van der Waals surface area contributed by atoms with Crippen molar-refractivity contribution >= 4 is 17.4 Å². The third-order valence-corrected chi connectivity index (χ3v) is 5.08. The van der Waals surface area contributed by atoms with Gasteiger partial charge in [-0.3, -0.25) is 9.59 Å². The summed E-state index contributed by atoms with van der Waals surface area (Å²) in [7, 11) is 0. The molecule has 0 bridgehead atoms. The van der Waals surface area contributed by atoms with E-state index < -0.39 is 11.5 Å². The van der Waals surface area contributed by atoms with Gasteiger partial charge >= 0.3 is 0 Å². The van der Waals surface area contributed by atoms with Gasteiger partial charge in [0.1, 0.15) is 0 Å². The first-order valence-corrected chi connectivity index (χ1v) is 9.27. The summed E-state index contributed by atoms with van der Waals surface area (Å²) in [4.78, 5) is 27.3. The van der Waals surface area contributed by atoms with Gasteiger partial charge < -0.3 is 10.0 Å². The number of ketones is 1. The van der Waals surface area contributed by atoms with Gasteiger partial charge in [-0.25, -0.2) is 0 Å². The molecule has 0 fully saturated rings. The maximum atomic E-state index is 13.0. The molecule has 0 spiro atoms. The SMILES string of the molecule is CCCCN1C(=O)C(O)(CC(=O)c2ccc(CC)cc2)c2ccccc21. The lowest BCUT2D eigenvalue weighted by atomic mass is 9.88. The normalized spacial score (nSPS) is 18.9. The van der Waals surface area contributed by atoms with Crippen LogP contribution in [0.15, 0.2) is 48.5 Å². The van der Waals surface area contributed by atoms with Gasteiger partial charge in [0.25, 0.3) is 5.91 Å². The molecule has 0 saturated carbocycles. The smallest absolute Gasteiger partial charge is 0.264 e. The minimum atomic E-state index is -1.79. The number of fused-ring (bicyclic) bond motifs is 1. The average Bonchev–Trinajstić information content (AvgIpc) is 2.88. The van der Waals surface area contributed by atoms with Crippen molar-refractivity contribution in [3.8, 4) is 0 Å². The van der Waals surface area contributed by atoms with Crippen molar-refractivity contribution in [1.82, 2.24) is 0 Å². The van der Waals surface area contributed by atoms with Gasteiger partial charge in [0.2, 0.25) is 0 Å². The third kappa shape index (κ3) is 3.17. The highest BCUT2D eigenvalue weighted by Gasteiger charge is 2.50. The summed E-state index contributed by atoms with van der Waals surface area (Å²) in [6, 6.07) is 14.6. The molecule has 1 atom stereocenters. The molecule has 4 nitrogen and oxygen atoms in total. The van der Waals surface area contributed by atoms with Crippen molar-refractivity contribution in [3.05, 3.63) is 65.2 Å². The molecular weight excluding hydrogens is 326 g/mol. The maximum Gasteiger partial charge on any atom is 0.264 e. The van der Waals surface area contributed by atoms with E-state index in [-0.39, 0.29) is 12.2 Å². The van der Waals surface area contributed by atoms with Crippen LogP contribution in [0, 0.1) is 0 Å². The van der Waals surface area contributed by atoms with Crippen LogP contribution in [0.3, 0.4) is 0 Å². The minimum Gasteiger partial charge on any atom is -0.375 e. The summed E-state index contributed by atoms with van der Waals surface area (Å²) in [6.45, 7) is 4.66. The van der Waals surface area contributed by atoms with Gasteiger partial charge in [0, 0.05) is 17.7 Å². The standard InChI is InChI=1S/C22H25NO3/c1-3-5-14-23-19-9-7-6-8-18(19)22(26,21(23)25)15-20(24)17-12-10-16(4-2)11-13-17/h6-13,26H,3-5,14-15H2,1-2H3. The lowest BCUT2D eigenvalue weighted by molar-refractivity contribution is -0.135. The topological polar surface area (TPSA) is 57.6 Å². The van der Waals surface area contributed by atoms with E-state index in [9.17, 15) is 14.7 Å². The summed E-state index contributed by atoms with van der Waals surface area (Å²) in [6.07, 6.45) is 2.46. The highest BCUT2D eigenvalue weighted by Crippen LogP contribution is 2.42. The zero-order valence-corrected chi connectivity index (χ0v) is 15.4. The Morgan fingerprint density at radius 2 is 1.77 bits per heavy atom. The highest BCUT2D eigenvalue weighted by molar-refractivity contribution is 6.10. The molecule has 1 heterocycles. The Kier molecular flexibility index (Phi) is 5.23. The first kappa shape index (κ1) is 18.3. The zero-order valence-electron chi connectivity index (χ0n) is 15.4. The second-order valence-corrected chi connectivity index (χ2v) is 6.84. The molecule has 1 aliphatic rings. The summed E-state index contributed by atoms with van der Waals surface area (Å²) in [5.41, 5.74) is 1.12. The molecule has 0 saturated heterocycles. The van der Waals surface area contributed by atoms with E-state index in [4.69, 9.17) is 0 Å². The zero-order chi connectivity index (χ0) is 18.7. The van der Waals surface area contributed by atoms with Crippen molar-refractivity contribution in [3.63, 3.8) is 0 Å². The van der Waals surface area contributed by atoms with Crippen LogP contribution in [-0.4, -0.2) is 23.3 Å². The lowest BCUT2D eigenvalue weighted by Crippen LogP contribution is -2.42. The van der Waals surface area contributed by atoms with E-state index in [1.165, 1.54) is 0 Å². The molecule has 4 heteroatoms. The number of para-hydroxylation sites is 1. The van der Waals surface area contributed by atoms with Crippen molar-refractivity contribution in [1.29, 1.82) is 0 Å². The van der Waals surface area contributed by atoms with Crippen LogP contribution in [0.1, 0.15) is 54.6 Å². The summed E-state index contributed by atoms with van der Waals surface area (Å²) in [5, 5.41) is 11.2. The van der Waals surface area contributed by atoms with Crippen molar-refractivity contribution in [2.45, 2.75) is 45.1 Å². The number of amides is 1. The molecule has 1 amide bonds. The Bertz CT molecular complexity index is 812. The van der Waals surface area contributed by atoms with Gasteiger partial charge in [0.15, 0.2) is 11.4 Å². The molecule has 0 aromatic heterocycles.